The van der Waals surface area contributed by atoms with Crippen molar-refractivity contribution in [1.29, 1.82) is 0 Å². The maximum absolute atomic E-state index is 13.7. The smallest absolute Gasteiger partial charge is 0.420 e. The maximum Gasteiger partial charge on any atom is 0.420 e. The number of halogens is 3. The van der Waals surface area contributed by atoms with Gasteiger partial charge in [-0.25, -0.2) is 0 Å². The van der Waals surface area contributed by atoms with Gasteiger partial charge < -0.3 is 14.2 Å². The van der Waals surface area contributed by atoms with Crippen LogP contribution in [-0.4, -0.2) is 32.3 Å². The molecule has 0 saturated heterocycles. The first kappa shape index (κ1) is 23.2. The van der Waals surface area contributed by atoms with Gasteiger partial charge in [-0.1, -0.05) is 48.5 Å². The summed E-state index contributed by atoms with van der Waals surface area (Å²) >= 11 is 0. The normalized spacial score (nSPS) is 13.7. The Morgan fingerprint density at radius 3 is 1.81 bits per heavy atom. The van der Waals surface area contributed by atoms with Crippen molar-refractivity contribution in [3.63, 3.8) is 0 Å². The molecule has 3 nitrogen and oxygen atoms in total. The molecule has 0 aliphatic heterocycles. The fourth-order valence-electron chi connectivity index (χ4n) is 2.85. The van der Waals surface area contributed by atoms with E-state index in [1.54, 1.807) is 12.1 Å². The van der Waals surface area contributed by atoms with Crippen LogP contribution < -0.4 is 4.74 Å². The lowest BCUT2D eigenvalue weighted by Crippen LogP contribution is -2.50. The molecule has 31 heavy (non-hydrogen) atoms. The van der Waals surface area contributed by atoms with Gasteiger partial charge in [0.15, 0.2) is 21.1 Å². The van der Waals surface area contributed by atoms with Crippen molar-refractivity contribution >= 4 is 10.9 Å². The van der Waals surface area contributed by atoms with Crippen molar-refractivity contribution in [1.82, 2.24) is 0 Å². The van der Waals surface area contributed by atoms with Crippen LogP contribution in [0.2, 0.25) is 0 Å². The van der Waals surface area contributed by atoms with E-state index in [-0.39, 0.29) is 0 Å². The molecule has 0 heterocycles. The van der Waals surface area contributed by atoms with E-state index in [9.17, 15) is 13.2 Å². The summed E-state index contributed by atoms with van der Waals surface area (Å²) in [7, 11) is 0.723. The van der Waals surface area contributed by atoms with Crippen LogP contribution in [0, 0.1) is 0 Å². The van der Waals surface area contributed by atoms with E-state index in [4.69, 9.17) is 9.47 Å². The summed E-state index contributed by atoms with van der Waals surface area (Å²) in [6.07, 6.45) is -4.62. The van der Waals surface area contributed by atoms with E-state index in [2.05, 4.69) is 4.74 Å². The third-order valence-electron chi connectivity index (χ3n) is 4.62. The Morgan fingerprint density at radius 1 is 0.774 bits per heavy atom. The Morgan fingerprint density at radius 2 is 1.29 bits per heavy atom. The number of alkyl halides is 3. The van der Waals surface area contributed by atoms with Gasteiger partial charge in [0, 0.05) is 7.11 Å². The number of benzene rings is 3. The Bertz CT molecular complexity index is 912. The number of para-hydroxylation sites is 1. The molecule has 3 rings (SSSR count). The molecule has 0 N–H and O–H groups in total. The first-order valence-corrected chi connectivity index (χ1v) is 10.8. The van der Waals surface area contributed by atoms with E-state index < -0.39 is 36.1 Å². The zero-order valence-corrected chi connectivity index (χ0v) is 18.1. The summed E-state index contributed by atoms with van der Waals surface area (Å²) in [6, 6.07) is 26.9. The monoisotopic (exact) mass is 449 g/mol. The van der Waals surface area contributed by atoms with Crippen LogP contribution in [0.5, 0.6) is 5.75 Å². The molecule has 3 aromatic carbocycles. The number of rotatable bonds is 9. The van der Waals surface area contributed by atoms with Gasteiger partial charge in [-0.2, -0.15) is 13.2 Å². The van der Waals surface area contributed by atoms with Crippen LogP contribution in [0.15, 0.2) is 99.6 Å². The number of methoxy groups -OCH3 is 1. The first-order valence-electron chi connectivity index (χ1n) is 9.61. The molecule has 3 aromatic rings. The molecule has 164 valence electrons. The Kier molecular flexibility index (Phi) is 7.64. The topological polar surface area (TPSA) is 27.7 Å². The van der Waals surface area contributed by atoms with E-state index in [0.717, 1.165) is 21.6 Å². The lowest BCUT2D eigenvalue weighted by molar-refractivity contribution is -0.296. The van der Waals surface area contributed by atoms with Crippen molar-refractivity contribution in [3.05, 3.63) is 84.9 Å². The molecule has 0 fully saturated rings. The fourth-order valence-corrected chi connectivity index (χ4v) is 5.03. The lowest BCUT2D eigenvalue weighted by atomic mass is 10.1. The molecule has 0 saturated carbocycles. The summed E-state index contributed by atoms with van der Waals surface area (Å²) in [5.74, 6) is 0.384. The van der Waals surface area contributed by atoms with E-state index in [1.165, 1.54) is 7.11 Å². The largest absolute Gasteiger partial charge is 0.485 e. The second-order valence-electron chi connectivity index (χ2n) is 6.95. The van der Waals surface area contributed by atoms with Crippen molar-refractivity contribution in [3.8, 4) is 5.75 Å². The summed E-state index contributed by atoms with van der Waals surface area (Å²) in [4.78, 5) is 2.88. The van der Waals surface area contributed by atoms with Crippen LogP contribution in [0.1, 0.15) is 6.92 Å². The van der Waals surface area contributed by atoms with Crippen molar-refractivity contribution < 1.29 is 27.4 Å². The minimum absolute atomic E-state index is 0.384. The molecular weight excluding hydrogens is 425 g/mol. The molecule has 0 aromatic heterocycles. The van der Waals surface area contributed by atoms with Gasteiger partial charge in [-0.3, -0.25) is 0 Å². The Labute approximate surface area is 183 Å². The average molecular weight is 450 g/mol. The molecule has 0 radical (unpaired) electrons. The maximum atomic E-state index is 13.7. The molecule has 0 spiro atoms. The van der Waals surface area contributed by atoms with Gasteiger partial charge in [0.05, 0.1) is 0 Å². The molecule has 1 unspecified atom stereocenters. The molecule has 0 aliphatic rings. The standard InChI is InChI=1S/C24H24F3O3S/c1-23(24(25,26)27,30-18-28-2)17-29-21-15-9-10-16-22(21)31(19-11-5-3-6-12-19)20-13-7-4-8-14-20/h3-16H,17-18H2,1-2H3/q+1. The molecule has 7 heteroatoms. The number of hydrogen-bond donors (Lipinski definition) is 0. The quantitative estimate of drug-likeness (QED) is 0.292. The molecule has 0 aliphatic carbocycles. The second-order valence-corrected chi connectivity index (χ2v) is 8.94. The summed E-state index contributed by atoms with van der Waals surface area (Å²) in [5, 5.41) is 0. The molecule has 1 atom stereocenters. The van der Waals surface area contributed by atoms with Gasteiger partial charge in [-0.15, -0.1) is 0 Å². The van der Waals surface area contributed by atoms with Crippen molar-refractivity contribution in [2.24, 2.45) is 0 Å². The highest BCUT2D eigenvalue weighted by atomic mass is 32.2. The molecular formula is C24H24F3O3S+. The van der Waals surface area contributed by atoms with Crippen LogP contribution >= 0.6 is 0 Å². The van der Waals surface area contributed by atoms with Gasteiger partial charge in [0.1, 0.15) is 24.3 Å². The number of hydrogen-bond acceptors (Lipinski definition) is 3. The summed E-state index contributed by atoms with van der Waals surface area (Å²) in [5.41, 5.74) is -2.51. The van der Waals surface area contributed by atoms with Crippen LogP contribution in [0.25, 0.3) is 0 Å². The average Bonchev–Trinajstić information content (AvgIpc) is 2.78. The van der Waals surface area contributed by atoms with Gasteiger partial charge >= 0.3 is 6.18 Å². The number of ether oxygens (including phenoxy) is 3. The van der Waals surface area contributed by atoms with Crippen molar-refractivity contribution in [2.75, 3.05) is 20.5 Å². The molecule has 0 bridgehead atoms. The summed E-state index contributed by atoms with van der Waals surface area (Å²) < 4.78 is 56.4. The third kappa shape index (κ3) is 5.61. The minimum Gasteiger partial charge on any atom is -0.485 e. The zero-order valence-electron chi connectivity index (χ0n) is 17.3. The Balaban J connectivity index is 1.98. The zero-order chi connectivity index (χ0) is 22.3. The predicted octanol–water partition coefficient (Wildman–Crippen LogP) is 6.10. The van der Waals surface area contributed by atoms with Gasteiger partial charge in [0.25, 0.3) is 0 Å². The van der Waals surface area contributed by atoms with Gasteiger partial charge in [-0.05, 0) is 43.3 Å². The van der Waals surface area contributed by atoms with Gasteiger partial charge in [0.2, 0.25) is 4.90 Å². The van der Waals surface area contributed by atoms with E-state index >= 15 is 0 Å². The highest BCUT2D eigenvalue weighted by Crippen LogP contribution is 2.38. The molecule has 0 amide bonds. The van der Waals surface area contributed by atoms with E-state index in [1.807, 2.05) is 72.8 Å². The highest BCUT2D eigenvalue weighted by Gasteiger charge is 2.53. The first-order chi connectivity index (χ1) is 14.9. The Hall–Kier alpha value is -2.48. The summed E-state index contributed by atoms with van der Waals surface area (Å²) in [6.45, 7) is -0.222. The van der Waals surface area contributed by atoms with Crippen LogP contribution in [0.4, 0.5) is 13.2 Å². The highest BCUT2D eigenvalue weighted by molar-refractivity contribution is 7.97. The minimum atomic E-state index is -4.62. The predicted molar refractivity (Wildman–Crippen MR) is 114 cm³/mol. The third-order valence-corrected chi connectivity index (χ3v) is 6.89. The SMILES string of the molecule is COCOC(C)(COc1ccccc1[S+](c1ccccc1)c1ccccc1)C(F)(F)F. The second kappa shape index (κ2) is 10.2. The van der Waals surface area contributed by atoms with Crippen LogP contribution in [0.3, 0.4) is 0 Å². The lowest BCUT2D eigenvalue weighted by Gasteiger charge is -2.31. The van der Waals surface area contributed by atoms with Crippen LogP contribution in [-0.2, 0) is 20.4 Å². The van der Waals surface area contributed by atoms with Crippen molar-refractivity contribution in [2.45, 2.75) is 33.4 Å². The van der Waals surface area contributed by atoms with E-state index in [0.29, 0.717) is 5.75 Å². The fraction of sp³-hybridized carbons (Fsp3) is 0.250.